The maximum atomic E-state index is 5.88. The van der Waals surface area contributed by atoms with Crippen molar-refractivity contribution in [2.45, 2.75) is 49.0 Å². The molecular formula is C24H29N3OS2. The molecule has 0 aliphatic carbocycles. The first-order valence-corrected chi connectivity index (χ1v) is 12.2. The van der Waals surface area contributed by atoms with E-state index in [1.54, 1.807) is 23.5 Å². The monoisotopic (exact) mass is 439 g/mol. The van der Waals surface area contributed by atoms with Crippen molar-refractivity contribution in [3.63, 3.8) is 0 Å². The summed E-state index contributed by atoms with van der Waals surface area (Å²) in [5.41, 5.74) is 2.46. The van der Waals surface area contributed by atoms with Crippen LogP contribution in [0.3, 0.4) is 0 Å². The lowest BCUT2D eigenvalue weighted by Gasteiger charge is -2.09. The maximum Gasteiger partial charge on any atom is 0.191 e. The van der Waals surface area contributed by atoms with Gasteiger partial charge in [0.2, 0.25) is 0 Å². The highest BCUT2D eigenvalue weighted by Crippen LogP contribution is 2.25. The second-order valence-electron chi connectivity index (χ2n) is 7.07. The zero-order chi connectivity index (χ0) is 21.2. The van der Waals surface area contributed by atoms with Crippen LogP contribution < -0.4 is 4.74 Å². The van der Waals surface area contributed by atoms with Crippen molar-refractivity contribution in [1.82, 2.24) is 14.8 Å². The molecule has 158 valence electrons. The lowest BCUT2D eigenvalue weighted by molar-refractivity contribution is 0.308. The van der Waals surface area contributed by atoms with Gasteiger partial charge in [0.1, 0.15) is 11.6 Å². The summed E-state index contributed by atoms with van der Waals surface area (Å²) in [7, 11) is 0. The topological polar surface area (TPSA) is 39.9 Å². The minimum atomic E-state index is 0.732. The van der Waals surface area contributed by atoms with Crippen LogP contribution in [-0.2, 0) is 12.3 Å². The van der Waals surface area contributed by atoms with E-state index in [9.17, 15) is 0 Å². The number of ether oxygens (including phenoxy) is 1. The first-order valence-electron chi connectivity index (χ1n) is 10.2. The summed E-state index contributed by atoms with van der Waals surface area (Å²) in [6, 6.07) is 16.7. The van der Waals surface area contributed by atoms with E-state index < -0.39 is 0 Å². The highest BCUT2D eigenvalue weighted by atomic mass is 32.2. The van der Waals surface area contributed by atoms with E-state index in [2.05, 4.69) is 65.5 Å². The Kier molecular flexibility index (Phi) is 8.90. The van der Waals surface area contributed by atoms with Crippen LogP contribution in [0.4, 0.5) is 0 Å². The van der Waals surface area contributed by atoms with Crippen molar-refractivity contribution in [2.75, 3.05) is 12.4 Å². The molecule has 4 nitrogen and oxygen atoms in total. The highest BCUT2D eigenvalue weighted by Gasteiger charge is 2.12. The van der Waals surface area contributed by atoms with Crippen molar-refractivity contribution in [1.29, 1.82) is 0 Å². The van der Waals surface area contributed by atoms with Crippen LogP contribution in [0.25, 0.3) is 0 Å². The van der Waals surface area contributed by atoms with Gasteiger partial charge in [-0.2, -0.15) is 0 Å². The van der Waals surface area contributed by atoms with Crippen LogP contribution in [0.2, 0.25) is 0 Å². The van der Waals surface area contributed by atoms with Crippen LogP contribution in [-0.4, -0.2) is 27.1 Å². The fourth-order valence-corrected chi connectivity index (χ4v) is 4.70. The minimum absolute atomic E-state index is 0.732. The van der Waals surface area contributed by atoms with Gasteiger partial charge in [-0.25, -0.2) is 0 Å². The zero-order valence-electron chi connectivity index (χ0n) is 17.7. The van der Waals surface area contributed by atoms with Crippen LogP contribution in [0, 0.1) is 13.8 Å². The van der Waals surface area contributed by atoms with Gasteiger partial charge in [0.05, 0.1) is 12.4 Å². The lowest BCUT2D eigenvalue weighted by Crippen LogP contribution is -2.03. The van der Waals surface area contributed by atoms with Crippen molar-refractivity contribution in [3.05, 3.63) is 78.1 Å². The van der Waals surface area contributed by atoms with Gasteiger partial charge < -0.3 is 9.30 Å². The number of benzene rings is 2. The fourth-order valence-electron chi connectivity index (χ4n) is 2.90. The molecule has 0 amide bonds. The number of hydrogen-bond acceptors (Lipinski definition) is 5. The summed E-state index contributed by atoms with van der Waals surface area (Å²) < 4.78 is 8.05. The molecule has 0 saturated carbocycles. The van der Waals surface area contributed by atoms with E-state index in [0.717, 1.165) is 54.2 Å². The first-order chi connectivity index (χ1) is 14.7. The van der Waals surface area contributed by atoms with Crippen LogP contribution >= 0.6 is 23.5 Å². The molecule has 0 N–H and O–H groups in total. The summed E-state index contributed by atoms with van der Waals surface area (Å²) >= 11 is 3.54. The van der Waals surface area contributed by atoms with Crippen molar-refractivity contribution in [2.24, 2.45) is 0 Å². The summed E-state index contributed by atoms with van der Waals surface area (Å²) in [6.07, 6.45) is 4.00. The molecule has 2 aromatic carbocycles. The van der Waals surface area contributed by atoms with Gasteiger partial charge in [0.25, 0.3) is 0 Å². The Morgan fingerprint density at radius 1 is 1.00 bits per heavy atom. The Labute approximate surface area is 188 Å². The molecule has 0 unspecified atom stereocenters. The molecule has 3 aromatic rings. The number of aryl methyl sites for hydroxylation is 2. The van der Waals surface area contributed by atoms with E-state index in [4.69, 9.17) is 4.74 Å². The summed E-state index contributed by atoms with van der Waals surface area (Å²) in [4.78, 5) is 1.25. The lowest BCUT2D eigenvalue weighted by atomic mass is 10.2. The number of thioether (sulfide) groups is 2. The zero-order valence-corrected chi connectivity index (χ0v) is 19.3. The number of hydrogen-bond donors (Lipinski definition) is 0. The number of rotatable bonds is 12. The predicted octanol–water partition coefficient (Wildman–Crippen LogP) is 6.32. The number of unbranched alkanes of at least 4 members (excludes halogenated alkanes) is 1. The molecule has 0 spiro atoms. The number of allylic oxidation sites excluding steroid dienone is 1. The van der Waals surface area contributed by atoms with Gasteiger partial charge in [0.15, 0.2) is 5.16 Å². The number of para-hydroxylation sites is 1. The Bertz CT molecular complexity index is 938. The second kappa shape index (κ2) is 11.9. The molecule has 0 radical (unpaired) electrons. The van der Waals surface area contributed by atoms with Gasteiger partial charge >= 0.3 is 0 Å². The molecular weight excluding hydrogens is 410 g/mol. The summed E-state index contributed by atoms with van der Waals surface area (Å²) in [6.45, 7) is 9.54. The van der Waals surface area contributed by atoms with Crippen LogP contribution in [0.15, 0.2) is 71.2 Å². The van der Waals surface area contributed by atoms with Gasteiger partial charge in [0, 0.05) is 17.2 Å². The van der Waals surface area contributed by atoms with E-state index in [1.165, 1.54) is 16.0 Å². The minimum Gasteiger partial charge on any atom is -0.493 e. The molecule has 6 heteroatoms. The molecule has 1 aromatic heterocycles. The average molecular weight is 440 g/mol. The molecule has 0 bridgehead atoms. The molecule has 0 atom stereocenters. The summed E-state index contributed by atoms with van der Waals surface area (Å²) in [5, 5.41) is 9.82. The second-order valence-corrected chi connectivity index (χ2v) is 9.18. The van der Waals surface area contributed by atoms with Gasteiger partial charge in [-0.1, -0.05) is 53.7 Å². The predicted molar refractivity (Wildman–Crippen MR) is 128 cm³/mol. The Morgan fingerprint density at radius 2 is 1.80 bits per heavy atom. The van der Waals surface area contributed by atoms with Crippen molar-refractivity contribution >= 4 is 23.5 Å². The molecule has 30 heavy (non-hydrogen) atoms. The molecule has 3 rings (SSSR count). The van der Waals surface area contributed by atoms with E-state index in [1.807, 2.05) is 24.3 Å². The third-order valence-electron chi connectivity index (χ3n) is 4.62. The molecule has 0 aliphatic heterocycles. The SMILES string of the molecule is C=CCn1c(CSc2ccc(C)cc2)nnc1SCCCCOc1ccccc1C. The quantitative estimate of drug-likeness (QED) is 0.187. The van der Waals surface area contributed by atoms with Gasteiger partial charge in [-0.3, -0.25) is 0 Å². The van der Waals surface area contributed by atoms with Crippen LogP contribution in [0.1, 0.15) is 29.8 Å². The van der Waals surface area contributed by atoms with E-state index in [-0.39, 0.29) is 0 Å². The van der Waals surface area contributed by atoms with Gasteiger partial charge in [-0.15, -0.1) is 28.5 Å². The van der Waals surface area contributed by atoms with E-state index in [0.29, 0.717) is 0 Å². The van der Waals surface area contributed by atoms with E-state index >= 15 is 0 Å². The van der Waals surface area contributed by atoms with Crippen molar-refractivity contribution in [3.8, 4) is 5.75 Å². The Hall–Kier alpha value is -2.18. The maximum absolute atomic E-state index is 5.88. The van der Waals surface area contributed by atoms with Crippen molar-refractivity contribution < 1.29 is 4.74 Å². The smallest absolute Gasteiger partial charge is 0.191 e. The molecule has 0 aliphatic rings. The number of aromatic nitrogens is 3. The standard InChI is InChI=1S/C24H29N3OS2/c1-4-15-27-23(18-30-21-13-11-19(2)12-14-21)25-26-24(27)29-17-8-7-16-28-22-10-6-5-9-20(22)3/h4-6,9-14H,1,7-8,15-18H2,2-3H3. The molecule has 1 heterocycles. The van der Waals surface area contributed by atoms with Gasteiger partial charge in [-0.05, 0) is 50.5 Å². The third kappa shape index (κ3) is 6.67. The highest BCUT2D eigenvalue weighted by molar-refractivity contribution is 7.99. The third-order valence-corrected chi connectivity index (χ3v) is 6.68. The Morgan fingerprint density at radius 3 is 2.57 bits per heavy atom. The van der Waals surface area contributed by atoms with Crippen LogP contribution in [0.5, 0.6) is 5.75 Å². The Balaban J connectivity index is 1.45. The summed E-state index contributed by atoms with van der Waals surface area (Å²) in [5.74, 6) is 3.77. The molecule has 0 fully saturated rings. The number of nitrogens with zero attached hydrogens (tertiary/aromatic N) is 3. The largest absolute Gasteiger partial charge is 0.493 e. The fraction of sp³-hybridized carbons (Fsp3) is 0.333. The molecule has 0 saturated heterocycles. The average Bonchev–Trinajstić information content (AvgIpc) is 3.13. The normalized spacial score (nSPS) is 10.9. The first kappa shape index (κ1) is 22.5.